The minimum atomic E-state index is -1.46. The van der Waals surface area contributed by atoms with Gasteiger partial charge in [0, 0.05) is 13.1 Å². The van der Waals surface area contributed by atoms with E-state index < -0.39 is 54.5 Å². The Hall–Kier alpha value is -4.12. The van der Waals surface area contributed by atoms with Crippen molar-refractivity contribution in [2.45, 2.75) is 51.4 Å². The van der Waals surface area contributed by atoms with Crippen LogP contribution < -0.4 is 16.4 Å². The minimum Gasteiger partial charge on any atom is -0.508 e. The van der Waals surface area contributed by atoms with Gasteiger partial charge in [-0.25, -0.2) is 4.79 Å². The summed E-state index contributed by atoms with van der Waals surface area (Å²) in [5, 5.41) is 24.6. The maximum Gasteiger partial charge on any atom is 0.408 e. The van der Waals surface area contributed by atoms with Gasteiger partial charge in [0.1, 0.15) is 23.4 Å². The first-order valence-corrected chi connectivity index (χ1v) is 11.7. The van der Waals surface area contributed by atoms with E-state index in [1.807, 2.05) is 30.3 Å². The Morgan fingerprint density at radius 3 is 2.19 bits per heavy atom. The number of amides is 4. The van der Waals surface area contributed by atoms with E-state index in [2.05, 4.69) is 10.6 Å². The van der Waals surface area contributed by atoms with E-state index in [0.717, 1.165) is 10.5 Å². The van der Waals surface area contributed by atoms with Crippen LogP contribution in [-0.4, -0.2) is 63.7 Å². The van der Waals surface area contributed by atoms with Crippen LogP contribution in [0.2, 0.25) is 0 Å². The number of hydrogen-bond donors (Lipinski definition) is 5. The van der Waals surface area contributed by atoms with Crippen LogP contribution in [0.5, 0.6) is 5.75 Å². The molecule has 6 N–H and O–H groups in total. The maximum atomic E-state index is 13.6. The molecule has 0 saturated carbocycles. The summed E-state index contributed by atoms with van der Waals surface area (Å²) in [6.45, 7) is 4.25. The molecule has 2 rings (SSSR count). The van der Waals surface area contributed by atoms with Crippen LogP contribution in [-0.2, 0) is 25.7 Å². The Morgan fingerprint density at radius 2 is 1.65 bits per heavy atom. The molecule has 11 heteroatoms. The molecule has 0 spiro atoms. The van der Waals surface area contributed by atoms with Gasteiger partial charge in [-0.2, -0.15) is 0 Å². The van der Waals surface area contributed by atoms with E-state index in [0.29, 0.717) is 5.56 Å². The third-order valence-electron chi connectivity index (χ3n) is 5.10. The van der Waals surface area contributed by atoms with Gasteiger partial charge in [0.2, 0.25) is 17.7 Å². The molecule has 0 aliphatic rings. The monoisotopic (exact) mass is 514 g/mol. The van der Waals surface area contributed by atoms with Crippen molar-refractivity contribution in [2.75, 3.05) is 13.2 Å². The average molecular weight is 515 g/mol. The number of nitrogens with zero attached hydrogens (tertiary/aromatic N) is 1. The highest BCUT2D eigenvalue weighted by atomic mass is 16.6. The molecule has 0 aliphatic carbocycles. The van der Waals surface area contributed by atoms with Crippen molar-refractivity contribution in [1.82, 2.24) is 15.5 Å². The molecule has 0 saturated heterocycles. The molecule has 0 bridgehead atoms. The SMILES string of the molecule is CC(C)(C)OC(=O)NC(CC(N)=O)C(=O)N(CCO)C(C(=O)NCc1ccccc1)c1ccc(O)cc1. The van der Waals surface area contributed by atoms with Crippen molar-refractivity contribution in [3.63, 3.8) is 0 Å². The number of phenolic OH excluding ortho intramolecular Hbond substituents is 1. The number of aliphatic hydroxyl groups is 1. The van der Waals surface area contributed by atoms with Crippen LogP contribution >= 0.6 is 0 Å². The van der Waals surface area contributed by atoms with Crippen LogP contribution in [0, 0.1) is 0 Å². The van der Waals surface area contributed by atoms with E-state index in [1.165, 1.54) is 24.3 Å². The first-order chi connectivity index (χ1) is 17.4. The van der Waals surface area contributed by atoms with E-state index in [4.69, 9.17) is 10.5 Å². The second-order valence-corrected chi connectivity index (χ2v) is 9.32. The van der Waals surface area contributed by atoms with Gasteiger partial charge in [-0.15, -0.1) is 0 Å². The number of aromatic hydroxyl groups is 1. The smallest absolute Gasteiger partial charge is 0.408 e. The van der Waals surface area contributed by atoms with Gasteiger partial charge >= 0.3 is 6.09 Å². The number of benzene rings is 2. The lowest BCUT2D eigenvalue weighted by Gasteiger charge is -2.34. The van der Waals surface area contributed by atoms with Crippen LogP contribution in [0.25, 0.3) is 0 Å². The van der Waals surface area contributed by atoms with Crippen molar-refractivity contribution in [1.29, 1.82) is 0 Å². The first-order valence-electron chi connectivity index (χ1n) is 11.7. The summed E-state index contributed by atoms with van der Waals surface area (Å²) in [6, 6.07) is 12.0. The molecular weight excluding hydrogens is 480 g/mol. The Bertz CT molecular complexity index is 1070. The van der Waals surface area contributed by atoms with Crippen molar-refractivity contribution < 1.29 is 34.1 Å². The molecule has 37 heavy (non-hydrogen) atoms. The van der Waals surface area contributed by atoms with Crippen LogP contribution in [0.15, 0.2) is 54.6 Å². The predicted molar refractivity (Wildman–Crippen MR) is 135 cm³/mol. The number of primary amides is 1. The standard InChI is InChI=1S/C26H34N4O7/c1-26(2,3)37-25(36)29-20(15-21(27)33)24(35)30(13-14-31)22(18-9-11-19(32)12-10-18)23(34)28-16-17-7-5-4-6-8-17/h4-12,20,22,31-32H,13-16H2,1-3H3,(H2,27,33)(H,28,34)(H,29,36). The van der Waals surface area contributed by atoms with Gasteiger partial charge in [-0.3, -0.25) is 14.4 Å². The van der Waals surface area contributed by atoms with Crippen molar-refractivity contribution in [3.8, 4) is 5.75 Å². The fraction of sp³-hybridized carbons (Fsp3) is 0.385. The lowest BCUT2D eigenvalue weighted by atomic mass is 10.0. The summed E-state index contributed by atoms with van der Waals surface area (Å²) in [5.74, 6) is -2.32. The highest BCUT2D eigenvalue weighted by Crippen LogP contribution is 2.25. The predicted octanol–water partition coefficient (Wildman–Crippen LogP) is 1.34. The summed E-state index contributed by atoms with van der Waals surface area (Å²) in [6.07, 6.45) is -1.51. The Balaban J connectivity index is 2.41. The number of nitrogens with one attached hydrogen (secondary N) is 2. The molecule has 0 heterocycles. The lowest BCUT2D eigenvalue weighted by molar-refractivity contribution is -0.144. The molecule has 0 aromatic heterocycles. The highest BCUT2D eigenvalue weighted by Gasteiger charge is 2.36. The number of aliphatic hydroxyl groups excluding tert-OH is 1. The summed E-state index contributed by atoms with van der Waals surface area (Å²) in [7, 11) is 0. The third-order valence-corrected chi connectivity index (χ3v) is 5.10. The number of nitrogens with two attached hydrogens (primary N) is 1. The number of rotatable bonds is 11. The van der Waals surface area contributed by atoms with Gasteiger partial charge in [-0.05, 0) is 44.0 Å². The molecule has 0 fully saturated rings. The van der Waals surface area contributed by atoms with Crippen LogP contribution in [0.4, 0.5) is 4.79 Å². The molecule has 4 amide bonds. The van der Waals surface area contributed by atoms with E-state index in [-0.39, 0.29) is 18.8 Å². The topological polar surface area (TPSA) is 171 Å². The van der Waals surface area contributed by atoms with E-state index >= 15 is 0 Å². The molecule has 2 aromatic carbocycles. The number of carbonyl (C=O) groups excluding carboxylic acids is 4. The third kappa shape index (κ3) is 9.45. The summed E-state index contributed by atoms with van der Waals surface area (Å²) in [5.41, 5.74) is 5.60. The van der Waals surface area contributed by atoms with Crippen molar-refractivity contribution in [3.05, 3.63) is 65.7 Å². The summed E-state index contributed by atoms with van der Waals surface area (Å²) < 4.78 is 5.20. The average Bonchev–Trinajstić information content (AvgIpc) is 2.82. The maximum absolute atomic E-state index is 13.6. The molecule has 200 valence electrons. The number of hydrogen-bond acceptors (Lipinski definition) is 7. The number of phenols is 1. The largest absolute Gasteiger partial charge is 0.508 e. The minimum absolute atomic E-state index is 0.0505. The van der Waals surface area contributed by atoms with Crippen LogP contribution in [0.3, 0.4) is 0 Å². The molecule has 0 aliphatic heterocycles. The van der Waals surface area contributed by atoms with Gasteiger partial charge in [0.25, 0.3) is 0 Å². The number of carbonyl (C=O) groups is 4. The zero-order valence-corrected chi connectivity index (χ0v) is 21.1. The quantitative estimate of drug-likeness (QED) is 0.301. The first kappa shape index (κ1) is 29.1. The molecule has 2 atom stereocenters. The summed E-state index contributed by atoms with van der Waals surface area (Å²) >= 11 is 0. The van der Waals surface area contributed by atoms with Gasteiger partial charge in [0.15, 0.2) is 0 Å². The Morgan fingerprint density at radius 1 is 1.03 bits per heavy atom. The zero-order valence-electron chi connectivity index (χ0n) is 21.1. The van der Waals surface area contributed by atoms with Crippen LogP contribution in [0.1, 0.15) is 44.4 Å². The zero-order chi connectivity index (χ0) is 27.6. The molecule has 2 unspecified atom stereocenters. The Kier molecular flexibility index (Phi) is 10.4. The number of ether oxygens (including phenoxy) is 1. The lowest BCUT2D eigenvalue weighted by Crippen LogP contribution is -2.54. The van der Waals surface area contributed by atoms with E-state index in [9.17, 15) is 29.4 Å². The van der Waals surface area contributed by atoms with Gasteiger partial charge in [-0.1, -0.05) is 42.5 Å². The second-order valence-electron chi connectivity index (χ2n) is 9.32. The van der Waals surface area contributed by atoms with Gasteiger partial charge in [0.05, 0.1) is 13.0 Å². The molecule has 0 radical (unpaired) electrons. The highest BCUT2D eigenvalue weighted by molar-refractivity contribution is 5.94. The summed E-state index contributed by atoms with van der Waals surface area (Å²) in [4.78, 5) is 52.2. The number of alkyl carbamates (subject to hydrolysis) is 1. The van der Waals surface area contributed by atoms with Crippen molar-refractivity contribution >= 4 is 23.8 Å². The molecule has 2 aromatic rings. The van der Waals surface area contributed by atoms with E-state index in [1.54, 1.807) is 20.8 Å². The fourth-order valence-corrected chi connectivity index (χ4v) is 3.54. The molecular formula is C26H34N4O7. The molecule has 11 nitrogen and oxygen atoms in total. The fourth-order valence-electron chi connectivity index (χ4n) is 3.54. The van der Waals surface area contributed by atoms with Gasteiger partial charge < -0.3 is 36.2 Å². The van der Waals surface area contributed by atoms with Crippen molar-refractivity contribution in [2.24, 2.45) is 5.73 Å². The Labute approximate surface area is 215 Å². The normalized spacial score (nSPS) is 12.6. The second kappa shape index (κ2) is 13.3.